The monoisotopic (exact) mass is 392 g/mol. The highest BCUT2D eigenvalue weighted by molar-refractivity contribution is 7.80. The van der Waals surface area contributed by atoms with Crippen LogP contribution in [0.4, 0.5) is 5.00 Å². The van der Waals surface area contributed by atoms with Crippen LogP contribution in [-0.2, 0) is 17.6 Å². The predicted octanol–water partition coefficient (Wildman–Crippen LogP) is 4.98. The van der Waals surface area contributed by atoms with E-state index in [1.54, 1.807) is 11.3 Å². The zero-order chi connectivity index (χ0) is 18.4. The molecule has 0 atom stereocenters. The number of esters is 1. The third-order valence-corrected chi connectivity index (χ3v) is 6.45. The van der Waals surface area contributed by atoms with Crippen LogP contribution in [0.15, 0.2) is 11.6 Å². The van der Waals surface area contributed by atoms with E-state index in [-0.39, 0.29) is 5.97 Å². The average molecular weight is 393 g/mol. The first kappa shape index (κ1) is 19.4. The minimum absolute atomic E-state index is 0.232. The van der Waals surface area contributed by atoms with Gasteiger partial charge in [0.2, 0.25) is 0 Å². The van der Waals surface area contributed by atoms with Crippen LogP contribution in [0.1, 0.15) is 72.7 Å². The number of carbonyl (C=O) groups is 1. The molecule has 4 nitrogen and oxygen atoms in total. The van der Waals surface area contributed by atoms with Crippen LogP contribution in [0.5, 0.6) is 0 Å². The maximum Gasteiger partial charge on any atom is 0.341 e. The van der Waals surface area contributed by atoms with Crippen molar-refractivity contribution >= 4 is 39.6 Å². The number of hydrogen-bond donors (Lipinski definition) is 2. The Morgan fingerprint density at radius 3 is 2.81 bits per heavy atom. The number of aryl methyl sites for hydroxylation is 1. The molecular formula is C20H28N2O2S2. The number of fused-ring (bicyclic) bond motifs is 1. The Hall–Kier alpha value is -1.40. The molecule has 142 valence electrons. The summed E-state index contributed by atoms with van der Waals surface area (Å²) in [5.41, 5.74) is 3.40. The van der Waals surface area contributed by atoms with Crippen LogP contribution >= 0.6 is 23.6 Å². The molecule has 1 aromatic rings. The molecule has 0 saturated heterocycles. The molecule has 0 radical (unpaired) electrons. The van der Waals surface area contributed by atoms with Crippen molar-refractivity contribution in [3.05, 3.63) is 27.7 Å². The van der Waals surface area contributed by atoms with Gasteiger partial charge in [0, 0.05) is 11.4 Å². The zero-order valence-corrected chi connectivity index (χ0v) is 17.1. The van der Waals surface area contributed by atoms with Gasteiger partial charge in [-0.2, -0.15) is 0 Å². The van der Waals surface area contributed by atoms with Crippen molar-refractivity contribution in [1.29, 1.82) is 0 Å². The van der Waals surface area contributed by atoms with Crippen molar-refractivity contribution in [2.45, 2.75) is 64.7 Å². The van der Waals surface area contributed by atoms with E-state index in [0.29, 0.717) is 17.3 Å². The van der Waals surface area contributed by atoms with Crippen molar-refractivity contribution < 1.29 is 9.53 Å². The van der Waals surface area contributed by atoms with Crippen molar-refractivity contribution in [3.8, 4) is 0 Å². The third-order valence-electron chi connectivity index (χ3n) is 4.99. The maximum absolute atomic E-state index is 12.5. The van der Waals surface area contributed by atoms with E-state index in [2.05, 4.69) is 16.7 Å². The number of rotatable bonds is 6. The Kier molecular flexibility index (Phi) is 7.08. The minimum Gasteiger partial charge on any atom is -0.462 e. The average Bonchev–Trinajstić information content (AvgIpc) is 3.00. The van der Waals surface area contributed by atoms with Crippen LogP contribution in [0.2, 0.25) is 0 Å². The van der Waals surface area contributed by atoms with Gasteiger partial charge in [0.05, 0.1) is 12.2 Å². The van der Waals surface area contributed by atoms with E-state index >= 15 is 0 Å². The van der Waals surface area contributed by atoms with E-state index in [9.17, 15) is 4.79 Å². The molecule has 0 fully saturated rings. The van der Waals surface area contributed by atoms with Gasteiger partial charge in [-0.3, -0.25) is 0 Å². The summed E-state index contributed by atoms with van der Waals surface area (Å²) in [6.07, 6.45) is 12.8. The van der Waals surface area contributed by atoms with Crippen LogP contribution in [-0.4, -0.2) is 24.2 Å². The summed E-state index contributed by atoms with van der Waals surface area (Å²) in [6, 6.07) is 0. The Bertz CT molecular complexity index is 694. The van der Waals surface area contributed by atoms with E-state index in [1.165, 1.54) is 42.6 Å². The minimum atomic E-state index is -0.232. The van der Waals surface area contributed by atoms with Gasteiger partial charge in [-0.15, -0.1) is 11.3 Å². The van der Waals surface area contributed by atoms with Crippen LogP contribution in [0.25, 0.3) is 0 Å². The second-order valence-corrected chi connectivity index (χ2v) is 8.39. The Morgan fingerprint density at radius 2 is 2.04 bits per heavy atom. The van der Waals surface area contributed by atoms with Gasteiger partial charge in [-0.25, -0.2) is 4.79 Å². The Labute approximate surface area is 165 Å². The molecule has 3 rings (SSSR count). The van der Waals surface area contributed by atoms with E-state index < -0.39 is 0 Å². The molecule has 0 bridgehead atoms. The number of allylic oxidation sites excluding steroid dienone is 1. The molecule has 2 N–H and O–H groups in total. The number of anilines is 1. The lowest BCUT2D eigenvalue weighted by Gasteiger charge is -2.15. The lowest BCUT2D eigenvalue weighted by Crippen LogP contribution is -2.30. The van der Waals surface area contributed by atoms with Crippen molar-refractivity contribution in [1.82, 2.24) is 5.32 Å². The van der Waals surface area contributed by atoms with Gasteiger partial charge in [0.15, 0.2) is 5.11 Å². The summed E-state index contributed by atoms with van der Waals surface area (Å²) in [5, 5.41) is 7.98. The molecule has 0 unspecified atom stereocenters. The normalized spacial score (nSPS) is 16.4. The molecule has 0 saturated carbocycles. The lowest BCUT2D eigenvalue weighted by molar-refractivity contribution is 0.0526. The van der Waals surface area contributed by atoms with E-state index in [0.717, 1.165) is 42.8 Å². The number of ether oxygens (including phenoxy) is 1. The largest absolute Gasteiger partial charge is 0.462 e. The second kappa shape index (κ2) is 9.51. The summed E-state index contributed by atoms with van der Waals surface area (Å²) >= 11 is 7.12. The second-order valence-electron chi connectivity index (χ2n) is 6.87. The van der Waals surface area contributed by atoms with Crippen LogP contribution in [0.3, 0.4) is 0 Å². The Morgan fingerprint density at radius 1 is 1.23 bits per heavy atom. The molecule has 0 spiro atoms. The van der Waals surface area contributed by atoms with Crippen LogP contribution in [0, 0.1) is 0 Å². The molecular weight excluding hydrogens is 364 g/mol. The van der Waals surface area contributed by atoms with Crippen LogP contribution < -0.4 is 10.6 Å². The van der Waals surface area contributed by atoms with E-state index in [4.69, 9.17) is 17.0 Å². The molecule has 0 aliphatic heterocycles. The summed E-state index contributed by atoms with van der Waals surface area (Å²) in [6.45, 7) is 3.06. The predicted molar refractivity (Wildman–Crippen MR) is 112 cm³/mol. The molecule has 2 aliphatic carbocycles. The highest BCUT2D eigenvalue weighted by atomic mass is 32.1. The topological polar surface area (TPSA) is 50.4 Å². The number of thiophene rings is 1. The fourth-order valence-corrected chi connectivity index (χ4v) is 5.24. The first-order valence-electron chi connectivity index (χ1n) is 9.73. The number of thiocarbonyl (C=S) groups is 1. The highest BCUT2D eigenvalue weighted by Gasteiger charge is 2.26. The first-order valence-corrected chi connectivity index (χ1v) is 11.0. The van der Waals surface area contributed by atoms with Gasteiger partial charge in [0.25, 0.3) is 0 Å². The number of hydrogen-bond acceptors (Lipinski definition) is 4. The number of carbonyl (C=O) groups excluding carboxylic acids is 1. The molecule has 1 heterocycles. The summed E-state index contributed by atoms with van der Waals surface area (Å²) in [4.78, 5) is 13.8. The van der Waals surface area contributed by atoms with Gasteiger partial charge in [-0.05, 0) is 82.5 Å². The standard InChI is InChI=1S/C20H28N2O2S2/c1-2-24-19(23)17-15-10-6-7-11-16(15)26-18(17)22-20(25)21-13-12-14-8-4-3-5-9-14/h8H,2-7,9-13H2,1H3,(H2,21,22,25). The first-order chi connectivity index (χ1) is 12.7. The van der Waals surface area contributed by atoms with Crippen molar-refractivity contribution in [2.75, 3.05) is 18.5 Å². The third kappa shape index (κ3) is 4.86. The van der Waals surface area contributed by atoms with Gasteiger partial charge >= 0.3 is 5.97 Å². The summed E-state index contributed by atoms with van der Waals surface area (Å²) in [7, 11) is 0. The fourth-order valence-electron chi connectivity index (χ4n) is 3.69. The van der Waals surface area contributed by atoms with E-state index in [1.807, 2.05) is 6.92 Å². The molecule has 0 amide bonds. The van der Waals surface area contributed by atoms with Gasteiger partial charge in [0.1, 0.15) is 5.00 Å². The Balaban J connectivity index is 1.62. The molecule has 26 heavy (non-hydrogen) atoms. The summed E-state index contributed by atoms with van der Waals surface area (Å²) in [5.74, 6) is -0.232. The van der Waals surface area contributed by atoms with Crippen molar-refractivity contribution in [3.63, 3.8) is 0 Å². The fraction of sp³-hybridized carbons (Fsp3) is 0.600. The molecule has 1 aromatic heterocycles. The van der Waals surface area contributed by atoms with Gasteiger partial charge in [-0.1, -0.05) is 11.6 Å². The van der Waals surface area contributed by atoms with Crippen molar-refractivity contribution in [2.24, 2.45) is 0 Å². The molecule has 2 aliphatic rings. The maximum atomic E-state index is 12.5. The quantitative estimate of drug-likeness (QED) is 0.406. The highest BCUT2D eigenvalue weighted by Crippen LogP contribution is 2.38. The summed E-state index contributed by atoms with van der Waals surface area (Å²) < 4.78 is 5.29. The molecule has 0 aromatic carbocycles. The SMILES string of the molecule is CCOC(=O)c1c(NC(=S)NCCC2=CCCCC2)sc2c1CCCC2. The number of nitrogens with one attached hydrogen (secondary N) is 2. The molecule has 6 heteroatoms. The smallest absolute Gasteiger partial charge is 0.341 e. The lowest BCUT2D eigenvalue weighted by atomic mass is 9.95. The zero-order valence-electron chi connectivity index (χ0n) is 15.5. The van der Waals surface area contributed by atoms with Gasteiger partial charge < -0.3 is 15.4 Å².